The molecule has 1 heterocycles. The molecule has 0 saturated carbocycles. The molecule has 0 amide bonds. The third-order valence-corrected chi connectivity index (χ3v) is 3.90. The van der Waals surface area contributed by atoms with Crippen LogP contribution in [0.25, 0.3) is 0 Å². The fraction of sp³-hybridized carbons (Fsp3) is 1.00. The second kappa shape index (κ2) is 7.29. The van der Waals surface area contributed by atoms with Gasteiger partial charge in [0.15, 0.2) is 0 Å². The highest BCUT2D eigenvalue weighted by molar-refractivity contribution is 4.75. The maximum absolute atomic E-state index is 3.55. The summed E-state index contributed by atoms with van der Waals surface area (Å²) in [6, 6.07) is 1.30. The first-order valence-corrected chi connectivity index (χ1v) is 7.11. The van der Waals surface area contributed by atoms with E-state index in [0.717, 1.165) is 12.5 Å². The number of hydrogen-bond acceptors (Lipinski definition) is 2. The van der Waals surface area contributed by atoms with Crippen LogP contribution >= 0.6 is 0 Å². The number of nitrogens with zero attached hydrogens (tertiary/aromatic N) is 1. The third-order valence-electron chi connectivity index (χ3n) is 3.90. The van der Waals surface area contributed by atoms with E-state index in [2.05, 4.69) is 37.9 Å². The van der Waals surface area contributed by atoms with Crippen molar-refractivity contribution in [2.24, 2.45) is 5.92 Å². The molecule has 2 heteroatoms. The molecule has 0 aromatic carbocycles. The molecule has 1 rings (SSSR count). The molecule has 2 nitrogen and oxygen atoms in total. The van der Waals surface area contributed by atoms with Crippen LogP contribution in [-0.2, 0) is 0 Å². The van der Waals surface area contributed by atoms with Gasteiger partial charge in [-0.2, -0.15) is 0 Å². The van der Waals surface area contributed by atoms with E-state index in [1.54, 1.807) is 0 Å². The smallest absolute Gasteiger partial charge is 0.0192 e. The first-order valence-electron chi connectivity index (χ1n) is 7.11. The molecule has 0 bridgehead atoms. The van der Waals surface area contributed by atoms with Gasteiger partial charge in [0.2, 0.25) is 0 Å². The lowest BCUT2D eigenvalue weighted by molar-refractivity contribution is 0.206. The lowest BCUT2D eigenvalue weighted by Crippen LogP contribution is -2.42. The summed E-state index contributed by atoms with van der Waals surface area (Å²) in [5.74, 6) is 0.982. The van der Waals surface area contributed by atoms with Crippen molar-refractivity contribution in [1.29, 1.82) is 0 Å². The van der Waals surface area contributed by atoms with Crippen molar-refractivity contribution < 1.29 is 0 Å². The van der Waals surface area contributed by atoms with Gasteiger partial charge in [0.1, 0.15) is 0 Å². The molecule has 0 aromatic heterocycles. The highest BCUT2D eigenvalue weighted by Crippen LogP contribution is 2.21. The minimum Gasteiger partial charge on any atom is -0.313 e. The van der Waals surface area contributed by atoms with Gasteiger partial charge >= 0.3 is 0 Å². The van der Waals surface area contributed by atoms with Gasteiger partial charge < -0.3 is 5.32 Å². The van der Waals surface area contributed by atoms with E-state index in [1.165, 1.54) is 38.8 Å². The van der Waals surface area contributed by atoms with Gasteiger partial charge in [0.05, 0.1) is 0 Å². The second-order valence-electron chi connectivity index (χ2n) is 5.65. The normalized spacial score (nSPS) is 25.7. The highest BCUT2D eigenvalue weighted by Gasteiger charge is 2.19. The molecule has 1 saturated heterocycles. The highest BCUT2D eigenvalue weighted by atomic mass is 15.2. The Morgan fingerprint density at radius 1 is 1.19 bits per heavy atom. The molecule has 16 heavy (non-hydrogen) atoms. The fourth-order valence-corrected chi connectivity index (χ4v) is 2.57. The molecule has 2 unspecified atom stereocenters. The van der Waals surface area contributed by atoms with E-state index in [9.17, 15) is 0 Å². The summed E-state index contributed by atoms with van der Waals surface area (Å²) < 4.78 is 0. The van der Waals surface area contributed by atoms with E-state index in [1.807, 2.05) is 0 Å². The number of likely N-dealkylation sites (tertiary alicyclic amines) is 1. The molecule has 2 atom stereocenters. The Morgan fingerprint density at radius 2 is 1.94 bits per heavy atom. The summed E-state index contributed by atoms with van der Waals surface area (Å²) in [4.78, 5) is 2.67. The number of rotatable bonds is 5. The summed E-state index contributed by atoms with van der Waals surface area (Å²) in [5.41, 5.74) is 0. The molecule has 0 aromatic rings. The molecule has 1 N–H and O–H groups in total. The van der Waals surface area contributed by atoms with Crippen molar-refractivity contribution in [1.82, 2.24) is 10.2 Å². The Morgan fingerprint density at radius 3 is 2.56 bits per heavy atom. The number of nitrogens with one attached hydrogen (secondary N) is 1. The van der Waals surface area contributed by atoms with Gasteiger partial charge in [-0.25, -0.2) is 0 Å². The monoisotopic (exact) mass is 226 g/mol. The van der Waals surface area contributed by atoms with Crippen molar-refractivity contribution in [2.45, 2.75) is 65.5 Å². The Bertz CT molecular complexity index is 180. The topological polar surface area (TPSA) is 15.3 Å². The summed E-state index contributed by atoms with van der Waals surface area (Å²) in [5, 5.41) is 3.55. The Hall–Kier alpha value is -0.0800. The molecule has 1 fully saturated rings. The van der Waals surface area contributed by atoms with Gasteiger partial charge in [-0.3, -0.25) is 4.90 Å². The first kappa shape index (κ1) is 14.0. The van der Waals surface area contributed by atoms with Crippen LogP contribution in [0, 0.1) is 5.92 Å². The summed E-state index contributed by atoms with van der Waals surface area (Å²) in [7, 11) is 0. The van der Waals surface area contributed by atoms with E-state index in [-0.39, 0.29) is 0 Å². The molecule has 1 aliphatic heterocycles. The quantitative estimate of drug-likeness (QED) is 0.775. The van der Waals surface area contributed by atoms with Crippen molar-refractivity contribution in [3.63, 3.8) is 0 Å². The molecule has 1 aliphatic rings. The van der Waals surface area contributed by atoms with Crippen molar-refractivity contribution in [2.75, 3.05) is 19.6 Å². The van der Waals surface area contributed by atoms with Gasteiger partial charge in [0, 0.05) is 18.6 Å². The zero-order chi connectivity index (χ0) is 12.0. The predicted molar refractivity (Wildman–Crippen MR) is 71.8 cm³/mol. The van der Waals surface area contributed by atoms with Crippen LogP contribution in [0.5, 0.6) is 0 Å². The van der Waals surface area contributed by atoms with Crippen LogP contribution in [-0.4, -0.2) is 36.6 Å². The van der Waals surface area contributed by atoms with Gasteiger partial charge in [-0.05, 0) is 45.2 Å². The molecular formula is C14H30N2. The second-order valence-corrected chi connectivity index (χ2v) is 5.65. The van der Waals surface area contributed by atoms with E-state index >= 15 is 0 Å². The Labute approximate surface area is 102 Å². The Balaban J connectivity index is 2.30. The van der Waals surface area contributed by atoms with E-state index in [4.69, 9.17) is 0 Å². The third kappa shape index (κ3) is 4.84. The molecular weight excluding hydrogens is 196 g/mol. The van der Waals surface area contributed by atoms with Crippen molar-refractivity contribution in [3.05, 3.63) is 0 Å². The van der Waals surface area contributed by atoms with Crippen LogP contribution in [0.4, 0.5) is 0 Å². The van der Waals surface area contributed by atoms with Crippen LogP contribution in [0.2, 0.25) is 0 Å². The zero-order valence-corrected chi connectivity index (χ0v) is 11.6. The minimum atomic E-state index is 0.609. The molecule has 0 radical (unpaired) electrons. The summed E-state index contributed by atoms with van der Waals surface area (Å²) in [6.45, 7) is 12.9. The average Bonchev–Trinajstić information content (AvgIpc) is 2.50. The first-order chi connectivity index (χ1) is 7.63. The largest absolute Gasteiger partial charge is 0.313 e. The van der Waals surface area contributed by atoms with Gasteiger partial charge in [-0.15, -0.1) is 0 Å². The predicted octanol–water partition coefficient (Wildman–Crippen LogP) is 2.89. The number of hydrogen-bond donors (Lipinski definition) is 1. The fourth-order valence-electron chi connectivity index (χ4n) is 2.57. The van der Waals surface area contributed by atoms with Crippen molar-refractivity contribution in [3.8, 4) is 0 Å². The van der Waals surface area contributed by atoms with E-state index in [0.29, 0.717) is 12.1 Å². The summed E-state index contributed by atoms with van der Waals surface area (Å²) in [6.07, 6.45) is 5.61. The van der Waals surface area contributed by atoms with Crippen molar-refractivity contribution >= 4 is 0 Å². The minimum absolute atomic E-state index is 0.609. The average molecular weight is 226 g/mol. The SMILES string of the molecule is CCC1CCCN(C(C)CNC(C)C)CC1. The maximum atomic E-state index is 3.55. The van der Waals surface area contributed by atoms with Crippen LogP contribution in [0.15, 0.2) is 0 Å². The van der Waals surface area contributed by atoms with Gasteiger partial charge in [0.25, 0.3) is 0 Å². The molecule has 0 aliphatic carbocycles. The van der Waals surface area contributed by atoms with Crippen LogP contribution < -0.4 is 5.32 Å². The van der Waals surface area contributed by atoms with E-state index < -0.39 is 0 Å². The maximum Gasteiger partial charge on any atom is 0.0192 e. The zero-order valence-electron chi connectivity index (χ0n) is 11.6. The Kier molecular flexibility index (Phi) is 6.37. The summed E-state index contributed by atoms with van der Waals surface area (Å²) >= 11 is 0. The lowest BCUT2D eigenvalue weighted by atomic mass is 9.98. The van der Waals surface area contributed by atoms with Crippen LogP contribution in [0.3, 0.4) is 0 Å². The lowest BCUT2D eigenvalue weighted by Gasteiger charge is -2.28. The molecule has 0 spiro atoms. The van der Waals surface area contributed by atoms with Crippen LogP contribution in [0.1, 0.15) is 53.4 Å². The van der Waals surface area contributed by atoms with Gasteiger partial charge in [-0.1, -0.05) is 27.2 Å². The molecule has 96 valence electrons. The standard InChI is InChI=1S/C14H30N2/c1-5-14-7-6-9-16(10-8-14)13(4)11-15-12(2)3/h12-15H,5-11H2,1-4H3.